The van der Waals surface area contributed by atoms with Crippen LogP contribution in [0.2, 0.25) is 0 Å². The van der Waals surface area contributed by atoms with E-state index in [2.05, 4.69) is 23.8 Å². The summed E-state index contributed by atoms with van der Waals surface area (Å²) in [6.45, 7) is 10.3. The van der Waals surface area contributed by atoms with E-state index in [1.165, 1.54) is 0 Å². The number of benzene rings is 1. The summed E-state index contributed by atoms with van der Waals surface area (Å²) in [7, 11) is 0. The molecule has 2 amide bonds. The first-order valence-corrected chi connectivity index (χ1v) is 8.75. The average Bonchev–Trinajstić information content (AvgIpc) is 3.13. The fourth-order valence-corrected chi connectivity index (χ4v) is 2.95. The van der Waals surface area contributed by atoms with Crippen LogP contribution >= 0.6 is 0 Å². The van der Waals surface area contributed by atoms with Crippen molar-refractivity contribution in [3.8, 4) is 0 Å². The Morgan fingerprint density at radius 3 is 2.44 bits per heavy atom. The molecule has 0 aromatic heterocycles. The quantitative estimate of drug-likeness (QED) is 0.679. The molecule has 25 heavy (non-hydrogen) atoms. The zero-order valence-corrected chi connectivity index (χ0v) is 14.7. The van der Waals surface area contributed by atoms with E-state index in [-0.39, 0.29) is 11.8 Å². The molecule has 1 aliphatic heterocycles. The number of rotatable bonds is 9. The summed E-state index contributed by atoms with van der Waals surface area (Å²) in [5.41, 5.74) is 1.30. The summed E-state index contributed by atoms with van der Waals surface area (Å²) in [6.07, 6.45) is 5.97. The van der Waals surface area contributed by atoms with Gasteiger partial charge in [0, 0.05) is 30.8 Å². The molecular formula is C20H27N3O2. The topological polar surface area (TPSA) is 61.4 Å². The van der Waals surface area contributed by atoms with Gasteiger partial charge in [0.1, 0.15) is 0 Å². The van der Waals surface area contributed by atoms with Crippen molar-refractivity contribution in [1.29, 1.82) is 0 Å². The van der Waals surface area contributed by atoms with Crippen LogP contribution in [0.1, 0.15) is 29.6 Å². The van der Waals surface area contributed by atoms with E-state index < -0.39 is 0 Å². The van der Waals surface area contributed by atoms with Gasteiger partial charge >= 0.3 is 0 Å². The number of carbonyl (C=O) groups excluding carboxylic acids is 2. The molecule has 0 aliphatic carbocycles. The van der Waals surface area contributed by atoms with Gasteiger partial charge in [-0.1, -0.05) is 12.2 Å². The Balaban J connectivity index is 1.87. The molecule has 1 aliphatic rings. The number of anilines is 1. The van der Waals surface area contributed by atoms with Gasteiger partial charge in [-0.05, 0) is 56.1 Å². The highest BCUT2D eigenvalue weighted by Gasteiger charge is 2.16. The standard InChI is InChI=1S/C20H27N3O2/c1-3-13-23(14-4-2)20(25)17-6-8-18(9-7-17)22-19(24)10-5-16-11-12-21-15-16/h3-4,6-9,16,21H,1-2,5,10-15H2,(H,22,24). The summed E-state index contributed by atoms with van der Waals surface area (Å²) in [5, 5.41) is 6.20. The second-order valence-corrected chi connectivity index (χ2v) is 6.31. The van der Waals surface area contributed by atoms with Crippen molar-refractivity contribution in [2.45, 2.75) is 19.3 Å². The Morgan fingerprint density at radius 2 is 1.88 bits per heavy atom. The number of nitrogens with one attached hydrogen (secondary N) is 2. The molecule has 0 saturated carbocycles. The lowest BCUT2D eigenvalue weighted by Crippen LogP contribution is -2.31. The summed E-state index contributed by atoms with van der Waals surface area (Å²) in [6, 6.07) is 7.00. The van der Waals surface area contributed by atoms with Gasteiger partial charge in [-0.3, -0.25) is 9.59 Å². The monoisotopic (exact) mass is 341 g/mol. The third kappa shape index (κ3) is 5.87. The molecule has 1 atom stereocenters. The van der Waals surface area contributed by atoms with Crippen LogP contribution in [0.25, 0.3) is 0 Å². The van der Waals surface area contributed by atoms with Crippen LogP contribution in [0.5, 0.6) is 0 Å². The van der Waals surface area contributed by atoms with Crippen molar-refractivity contribution in [1.82, 2.24) is 10.2 Å². The van der Waals surface area contributed by atoms with E-state index in [0.717, 1.165) is 25.9 Å². The maximum atomic E-state index is 12.4. The highest BCUT2D eigenvalue weighted by molar-refractivity contribution is 5.96. The minimum atomic E-state index is -0.0774. The predicted octanol–water partition coefficient (Wildman–Crippen LogP) is 2.83. The second kappa shape index (κ2) is 9.79. The Hall–Kier alpha value is -2.40. The van der Waals surface area contributed by atoms with Gasteiger partial charge in [0.05, 0.1) is 0 Å². The largest absolute Gasteiger partial charge is 0.331 e. The lowest BCUT2D eigenvalue weighted by Gasteiger charge is -2.19. The van der Waals surface area contributed by atoms with Crippen LogP contribution in [0.4, 0.5) is 5.69 Å². The molecule has 0 bridgehead atoms. The molecule has 5 nitrogen and oxygen atoms in total. The van der Waals surface area contributed by atoms with E-state index in [0.29, 0.717) is 36.7 Å². The van der Waals surface area contributed by atoms with E-state index >= 15 is 0 Å². The number of carbonyl (C=O) groups is 2. The number of hydrogen-bond acceptors (Lipinski definition) is 3. The summed E-state index contributed by atoms with van der Waals surface area (Å²) in [5.74, 6) is 0.545. The van der Waals surface area contributed by atoms with Crippen LogP contribution in [0, 0.1) is 5.92 Å². The Kier molecular flexibility index (Phi) is 7.41. The fourth-order valence-electron chi connectivity index (χ4n) is 2.95. The van der Waals surface area contributed by atoms with Crippen LogP contribution < -0.4 is 10.6 Å². The first-order valence-electron chi connectivity index (χ1n) is 8.75. The SMILES string of the molecule is C=CCN(CC=C)C(=O)c1ccc(NC(=O)CCC2CCNC2)cc1. The van der Waals surface area contributed by atoms with Crippen molar-refractivity contribution in [3.63, 3.8) is 0 Å². The highest BCUT2D eigenvalue weighted by Crippen LogP contribution is 2.16. The summed E-state index contributed by atoms with van der Waals surface area (Å²) in [4.78, 5) is 26.1. The fraction of sp³-hybridized carbons (Fsp3) is 0.400. The van der Waals surface area contributed by atoms with Crippen molar-refractivity contribution in [2.75, 3.05) is 31.5 Å². The maximum absolute atomic E-state index is 12.4. The van der Waals surface area contributed by atoms with E-state index in [9.17, 15) is 9.59 Å². The van der Waals surface area contributed by atoms with Gasteiger partial charge < -0.3 is 15.5 Å². The van der Waals surface area contributed by atoms with E-state index in [4.69, 9.17) is 0 Å². The Morgan fingerprint density at radius 1 is 1.20 bits per heavy atom. The highest BCUT2D eigenvalue weighted by atomic mass is 16.2. The molecule has 1 heterocycles. The summed E-state index contributed by atoms with van der Waals surface area (Å²) < 4.78 is 0. The number of nitrogens with zero attached hydrogens (tertiary/aromatic N) is 1. The first kappa shape index (κ1) is 18.9. The minimum absolute atomic E-state index is 0.0194. The van der Waals surface area contributed by atoms with Gasteiger partial charge in [0.25, 0.3) is 5.91 Å². The van der Waals surface area contributed by atoms with E-state index in [1.807, 2.05) is 0 Å². The molecule has 0 spiro atoms. The zero-order chi connectivity index (χ0) is 18.1. The van der Waals surface area contributed by atoms with Crippen LogP contribution in [0.15, 0.2) is 49.6 Å². The third-order valence-corrected chi connectivity index (χ3v) is 4.34. The molecule has 1 aromatic carbocycles. The van der Waals surface area contributed by atoms with Gasteiger partial charge in [0.15, 0.2) is 0 Å². The molecule has 1 aromatic rings. The Bertz CT molecular complexity index is 594. The molecule has 2 N–H and O–H groups in total. The average molecular weight is 341 g/mol. The van der Waals surface area contributed by atoms with Crippen molar-refractivity contribution >= 4 is 17.5 Å². The molecule has 134 valence electrons. The third-order valence-electron chi connectivity index (χ3n) is 4.34. The maximum Gasteiger partial charge on any atom is 0.254 e. The molecule has 1 saturated heterocycles. The number of hydrogen-bond donors (Lipinski definition) is 2. The van der Waals surface area contributed by atoms with Crippen molar-refractivity contribution < 1.29 is 9.59 Å². The molecule has 1 fully saturated rings. The zero-order valence-electron chi connectivity index (χ0n) is 14.7. The van der Waals surface area contributed by atoms with Gasteiger partial charge in [-0.2, -0.15) is 0 Å². The smallest absolute Gasteiger partial charge is 0.254 e. The first-order chi connectivity index (χ1) is 12.1. The van der Waals surface area contributed by atoms with Crippen LogP contribution in [-0.4, -0.2) is 42.9 Å². The van der Waals surface area contributed by atoms with Crippen molar-refractivity contribution in [3.05, 3.63) is 55.1 Å². The molecule has 0 radical (unpaired) electrons. The van der Waals surface area contributed by atoms with Gasteiger partial charge in [0.2, 0.25) is 5.91 Å². The molecule has 5 heteroatoms. The minimum Gasteiger partial charge on any atom is -0.331 e. The van der Waals surface area contributed by atoms with Crippen LogP contribution in [0.3, 0.4) is 0 Å². The normalized spacial score (nSPS) is 16.2. The number of amides is 2. The lowest BCUT2D eigenvalue weighted by molar-refractivity contribution is -0.116. The van der Waals surface area contributed by atoms with E-state index in [1.54, 1.807) is 41.3 Å². The van der Waals surface area contributed by atoms with Gasteiger partial charge in [-0.25, -0.2) is 0 Å². The second-order valence-electron chi connectivity index (χ2n) is 6.31. The Labute approximate surface area is 149 Å². The van der Waals surface area contributed by atoms with Crippen molar-refractivity contribution in [2.24, 2.45) is 5.92 Å². The predicted molar refractivity (Wildman–Crippen MR) is 102 cm³/mol. The molecule has 2 rings (SSSR count). The van der Waals surface area contributed by atoms with Gasteiger partial charge in [-0.15, -0.1) is 13.2 Å². The molecular weight excluding hydrogens is 314 g/mol. The summed E-state index contributed by atoms with van der Waals surface area (Å²) >= 11 is 0. The molecule has 1 unspecified atom stereocenters. The lowest BCUT2D eigenvalue weighted by atomic mass is 10.0. The van der Waals surface area contributed by atoms with Crippen LogP contribution in [-0.2, 0) is 4.79 Å².